The number of pyridine rings is 1. The van der Waals surface area contributed by atoms with Gasteiger partial charge in [-0.25, -0.2) is 9.24 Å². The number of hydrogen-bond acceptors (Lipinski definition) is 5. The second-order valence-electron chi connectivity index (χ2n) is 4.91. The van der Waals surface area contributed by atoms with E-state index in [1.807, 2.05) is 0 Å². The van der Waals surface area contributed by atoms with Gasteiger partial charge in [0.2, 0.25) is 0 Å². The second-order valence-corrected chi connectivity index (χ2v) is 4.91. The Morgan fingerprint density at radius 3 is 2.92 bits per heavy atom. The van der Waals surface area contributed by atoms with Crippen molar-refractivity contribution >= 4 is 17.6 Å². The molecule has 0 radical (unpaired) electrons. The van der Waals surface area contributed by atoms with E-state index in [-0.39, 0.29) is 34.2 Å². The summed E-state index contributed by atoms with van der Waals surface area (Å²) in [6.07, 6.45) is 1.35. The molecule has 1 aromatic heterocycles. The Balaban J connectivity index is 2.16. The van der Waals surface area contributed by atoms with Gasteiger partial charge in [0, 0.05) is 18.3 Å². The third kappa shape index (κ3) is 2.75. The molecule has 3 N–H and O–H groups in total. The number of hydrogen-bond donors (Lipinski definition) is 3. The molecule has 2 heterocycles. The van der Waals surface area contributed by atoms with Crippen LogP contribution in [-0.2, 0) is 0 Å². The minimum absolute atomic E-state index is 0.0110. The Labute approximate surface area is 136 Å². The lowest BCUT2D eigenvalue weighted by Gasteiger charge is -2.14. The number of rotatable bonds is 2. The largest absolute Gasteiger partial charge is 0.507 e. The molecule has 0 atom stereocenters. The van der Waals surface area contributed by atoms with E-state index in [1.54, 1.807) is 0 Å². The number of carbonyl (C=O) groups is 1. The van der Waals surface area contributed by atoms with Crippen molar-refractivity contribution in [1.82, 2.24) is 15.6 Å². The maximum Gasteiger partial charge on any atom is 0.261 e. The quantitative estimate of drug-likeness (QED) is 0.735. The first-order chi connectivity index (χ1) is 11.6. The first-order valence-corrected chi connectivity index (χ1v) is 7.06. The number of aromatic hydroxyl groups is 1. The zero-order chi connectivity index (χ0) is 17.1. The van der Waals surface area contributed by atoms with Crippen LogP contribution in [-0.4, -0.2) is 35.0 Å². The number of guanidine groups is 1. The number of carbonyl (C=O) groups excluding carboxylic acids is 1. The number of phenolic OH excluding ortho intramolecular Hbond substituents is 1. The van der Waals surface area contributed by atoms with Crippen molar-refractivity contribution in [3.05, 3.63) is 53.3 Å². The van der Waals surface area contributed by atoms with Crippen LogP contribution in [0.15, 0.2) is 35.5 Å². The first kappa shape index (κ1) is 15.4. The van der Waals surface area contributed by atoms with Gasteiger partial charge in [-0.15, -0.1) is 0 Å². The van der Waals surface area contributed by atoms with E-state index >= 15 is 0 Å². The molecule has 120 valence electrons. The average molecular weight is 325 g/mol. The molecule has 3 rings (SSSR count). The third-order valence-electron chi connectivity index (χ3n) is 3.41. The van der Waals surface area contributed by atoms with Crippen molar-refractivity contribution in [2.45, 2.75) is 0 Å². The maximum atomic E-state index is 14.2. The van der Waals surface area contributed by atoms with Crippen LogP contribution in [0.3, 0.4) is 0 Å². The minimum Gasteiger partial charge on any atom is -0.507 e. The average Bonchev–Trinajstić information content (AvgIpc) is 3.08. The molecule has 0 aliphatic carbocycles. The van der Waals surface area contributed by atoms with Gasteiger partial charge in [0.1, 0.15) is 11.6 Å². The number of aromatic nitrogens is 1. The van der Waals surface area contributed by atoms with Gasteiger partial charge in [0.05, 0.1) is 24.4 Å². The monoisotopic (exact) mass is 325 g/mol. The molecule has 1 amide bonds. The van der Waals surface area contributed by atoms with Crippen LogP contribution in [0.4, 0.5) is 10.1 Å². The van der Waals surface area contributed by atoms with Crippen molar-refractivity contribution in [1.29, 1.82) is 0 Å². The fraction of sp³-hybridized carbons (Fsp3) is 0.125. The van der Waals surface area contributed by atoms with Crippen molar-refractivity contribution < 1.29 is 14.3 Å². The fourth-order valence-electron chi connectivity index (χ4n) is 2.36. The van der Waals surface area contributed by atoms with Crippen LogP contribution in [0.2, 0.25) is 0 Å². The summed E-state index contributed by atoms with van der Waals surface area (Å²) in [5, 5.41) is 15.5. The van der Waals surface area contributed by atoms with Crippen LogP contribution < -0.4 is 10.6 Å². The normalized spacial score (nSPS) is 12.9. The number of nitrogens with zero attached hydrogens (tertiary/aromatic N) is 3. The van der Waals surface area contributed by atoms with E-state index in [2.05, 4.69) is 25.5 Å². The van der Waals surface area contributed by atoms with Gasteiger partial charge in [-0.05, 0) is 18.2 Å². The summed E-state index contributed by atoms with van der Waals surface area (Å²) in [7, 11) is 0. The Hall–Kier alpha value is -3.47. The highest BCUT2D eigenvalue weighted by molar-refractivity contribution is 6.12. The Morgan fingerprint density at radius 2 is 2.25 bits per heavy atom. The lowest BCUT2D eigenvalue weighted by Crippen LogP contribution is -2.38. The van der Waals surface area contributed by atoms with Gasteiger partial charge in [0.15, 0.2) is 11.6 Å². The predicted octanol–water partition coefficient (Wildman–Crippen LogP) is 1.83. The predicted molar refractivity (Wildman–Crippen MR) is 85.3 cm³/mol. The smallest absolute Gasteiger partial charge is 0.261 e. The Morgan fingerprint density at radius 1 is 1.42 bits per heavy atom. The number of nitrogens with one attached hydrogen (secondary N) is 2. The highest BCUT2D eigenvalue weighted by Crippen LogP contribution is 2.38. The molecular weight excluding hydrogens is 313 g/mol. The van der Waals surface area contributed by atoms with E-state index in [1.165, 1.54) is 30.5 Å². The van der Waals surface area contributed by atoms with E-state index in [4.69, 9.17) is 6.57 Å². The van der Waals surface area contributed by atoms with E-state index < -0.39 is 11.7 Å². The van der Waals surface area contributed by atoms with Crippen LogP contribution in [0.1, 0.15) is 10.4 Å². The molecule has 1 aromatic carbocycles. The highest BCUT2D eigenvalue weighted by Gasteiger charge is 2.25. The number of phenols is 1. The lowest BCUT2D eigenvalue weighted by atomic mass is 9.99. The van der Waals surface area contributed by atoms with Crippen LogP contribution in [0.25, 0.3) is 16.1 Å². The molecule has 0 bridgehead atoms. The van der Waals surface area contributed by atoms with Crippen LogP contribution in [0.5, 0.6) is 5.75 Å². The van der Waals surface area contributed by atoms with Gasteiger partial charge in [-0.2, -0.15) is 0 Å². The summed E-state index contributed by atoms with van der Waals surface area (Å²) >= 11 is 0. The second kappa shape index (κ2) is 6.34. The Bertz CT molecular complexity index is 889. The molecule has 1 aliphatic rings. The zero-order valence-corrected chi connectivity index (χ0v) is 12.4. The first-order valence-electron chi connectivity index (χ1n) is 7.06. The summed E-state index contributed by atoms with van der Waals surface area (Å²) in [4.78, 5) is 23.8. The molecule has 2 aromatic rings. The SMILES string of the molecule is [C-]#[N+]c1ccc(O)c(C(=O)NC2=NCCN2)c1-c1ncccc1F. The molecule has 8 heteroatoms. The van der Waals surface area contributed by atoms with E-state index in [0.29, 0.717) is 13.1 Å². The number of halogens is 1. The maximum absolute atomic E-state index is 14.2. The molecule has 0 spiro atoms. The molecule has 24 heavy (non-hydrogen) atoms. The zero-order valence-electron chi connectivity index (χ0n) is 12.4. The lowest BCUT2D eigenvalue weighted by molar-refractivity contribution is 0.0974. The highest BCUT2D eigenvalue weighted by atomic mass is 19.1. The summed E-state index contributed by atoms with van der Waals surface area (Å²) in [5.74, 6) is -1.51. The molecule has 7 nitrogen and oxygen atoms in total. The molecular formula is C16H12FN5O2. The topological polar surface area (TPSA) is 91.0 Å². The standard InChI is InChI=1S/C16H12FN5O2/c1-18-10-4-5-11(23)13(15(24)22-16-20-7-8-21-16)12(10)14-9(17)3-2-6-19-14/h2-6,23H,7-8H2,(H2,20,21,22,24). The molecule has 0 fully saturated rings. The van der Waals surface area contributed by atoms with Crippen molar-refractivity contribution in [2.75, 3.05) is 13.1 Å². The molecule has 0 unspecified atom stereocenters. The van der Waals surface area contributed by atoms with Gasteiger partial charge >= 0.3 is 0 Å². The van der Waals surface area contributed by atoms with Crippen LogP contribution >= 0.6 is 0 Å². The summed E-state index contributed by atoms with van der Waals surface area (Å²) < 4.78 is 14.2. The van der Waals surface area contributed by atoms with Gasteiger partial charge in [-0.3, -0.25) is 20.1 Å². The Kier molecular flexibility index (Phi) is 4.07. The number of aliphatic imine (C=N–C) groups is 1. The molecule has 0 saturated heterocycles. The van der Waals surface area contributed by atoms with Crippen LogP contribution in [0, 0.1) is 12.4 Å². The number of amides is 1. The third-order valence-corrected chi connectivity index (χ3v) is 3.41. The summed E-state index contributed by atoms with van der Waals surface area (Å²) in [5.41, 5.74) is -0.445. The van der Waals surface area contributed by atoms with Gasteiger partial charge in [-0.1, -0.05) is 6.07 Å². The van der Waals surface area contributed by atoms with E-state index in [9.17, 15) is 14.3 Å². The van der Waals surface area contributed by atoms with Gasteiger partial charge < -0.3 is 10.4 Å². The minimum atomic E-state index is -0.703. The summed E-state index contributed by atoms with van der Waals surface area (Å²) in [6, 6.07) is 5.10. The van der Waals surface area contributed by atoms with Gasteiger partial charge in [0.25, 0.3) is 5.91 Å². The summed E-state index contributed by atoms with van der Waals surface area (Å²) in [6.45, 7) is 8.37. The van der Waals surface area contributed by atoms with Crippen molar-refractivity contribution in [3.8, 4) is 17.0 Å². The molecule has 1 aliphatic heterocycles. The molecule has 0 saturated carbocycles. The van der Waals surface area contributed by atoms with Crippen molar-refractivity contribution in [3.63, 3.8) is 0 Å². The fourth-order valence-corrected chi connectivity index (χ4v) is 2.36. The van der Waals surface area contributed by atoms with E-state index in [0.717, 1.165) is 0 Å². The number of benzene rings is 1. The van der Waals surface area contributed by atoms with Crippen molar-refractivity contribution in [2.24, 2.45) is 4.99 Å².